The Labute approximate surface area is 175 Å². The number of oxime groups is 1. The van der Waals surface area contributed by atoms with Crippen LogP contribution < -0.4 is 9.64 Å². The van der Waals surface area contributed by atoms with E-state index in [4.69, 9.17) is 21.2 Å². The molecule has 3 rings (SSSR count). The minimum absolute atomic E-state index is 0.130. The van der Waals surface area contributed by atoms with Crippen molar-refractivity contribution in [3.8, 4) is 11.5 Å². The van der Waals surface area contributed by atoms with Gasteiger partial charge in [0.1, 0.15) is 18.1 Å². The zero-order valence-electron chi connectivity index (χ0n) is 16.2. The van der Waals surface area contributed by atoms with Gasteiger partial charge in [-0.1, -0.05) is 29.4 Å². The molecule has 0 bridgehead atoms. The van der Waals surface area contributed by atoms with Crippen LogP contribution in [0.15, 0.2) is 48.1 Å². The highest BCUT2D eigenvalue weighted by molar-refractivity contribution is 6.29. The summed E-state index contributed by atoms with van der Waals surface area (Å²) in [6.45, 7) is 6.37. The molecule has 1 aliphatic rings. The Bertz CT molecular complexity index is 821. The van der Waals surface area contributed by atoms with Gasteiger partial charge in [-0.3, -0.25) is 0 Å². The Morgan fingerprint density at radius 1 is 1.24 bits per heavy atom. The second-order valence-electron chi connectivity index (χ2n) is 6.86. The summed E-state index contributed by atoms with van der Waals surface area (Å²) in [4.78, 5) is 7.22. The lowest BCUT2D eigenvalue weighted by Crippen LogP contribution is -2.34. The van der Waals surface area contributed by atoms with E-state index in [0.717, 1.165) is 38.2 Å². The van der Waals surface area contributed by atoms with Gasteiger partial charge in [0, 0.05) is 24.7 Å². The molecular formula is C21H25ClN4O3. The number of phenolic OH excluding ortho intramolecular Hbond substituents is 1. The summed E-state index contributed by atoms with van der Waals surface area (Å²) in [5.74, 6) is 2.21. The fourth-order valence-corrected chi connectivity index (χ4v) is 3.33. The molecule has 0 amide bonds. The number of ether oxygens (including phenoxy) is 1. The highest BCUT2D eigenvalue weighted by Crippen LogP contribution is 2.25. The average Bonchev–Trinajstić information content (AvgIpc) is 2.72. The van der Waals surface area contributed by atoms with Crippen LogP contribution in [0, 0.1) is 5.92 Å². The van der Waals surface area contributed by atoms with Crippen molar-refractivity contribution >= 4 is 23.6 Å². The smallest absolute Gasteiger partial charge is 0.151 e. The van der Waals surface area contributed by atoms with Gasteiger partial charge in [-0.05, 0) is 49.4 Å². The van der Waals surface area contributed by atoms with E-state index in [9.17, 15) is 5.11 Å². The number of nitrogens with zero attached hydrogens (tertiary/aromatic N) is 4. The van der Waals surface area contributed by atoms with E-state index in [-0.39, 0.29) is 5.75 Å². The van der Waals surface area contributed by atoms with E-state index in [1.54, 1.807) is 24.3 Å². The van der Waals surface area contributed by atoms with E-state index < -0.39 is 0 Å². The molecule has 1 N–H and O–H groups in total. The molecule has 0 spiro atoms. The van der Waals surface area contributed by atoms with Crippen molar-refractivity contribution in [3.63, 3.8) is 0 Å². The van der Waals surface area contributed by atoms with Crippen molar-refractivity contribution in [1.82, 2.24) is 10.2 Å². The second-order valence-corrected chi connectivity index (χ2v) is 7.25. The van der Waals surface area contributed by atoms with Gasteiger partial charge in [0.25, 0.3) is 0 Å². The molecule has 1 saturated heterocycles. The summed E-state index contributed by atoms with van der Waals surface area (Å²) < 4.78 is 5.85. The SMILES string of the molecule is C=CCON=Cc1cc(O)cc(OCCC2CCN(c3ccc(Cl)nn3)CC2)c1. The van der Waals surface area contributed by atoms with Crippen molar-refractivity contribution in [2.24, 2.45) is 11.1 Å². The predicted molar refractivity (Wildman–Crippen MR) is 114 cm³/mol. The summed E-state index contributed by atoms with van der Waals surface area (Å²) >= 11 is 5.80. The number of halogens is 1. The van der Waals surface area contributed by atoms with Crippen molar-refractivity contribution in [2.45, 2.75) is 19.3 Å². The number of hydrogen-bond donors (Lipinski definition) is 1. The standard InChI is InChI=1S/C21H25ClN4O3/c1-2-10-29-23-15-17-12-18(27)14-19(13-17)28-11-7-16-5-8-26(9-6-16)21-4-3-20(22)24-25-21/h2-4,12-16,27H,1,5-11H2. The molecule has 29 heavy (non-hydrogen) atoms. The minimum atomic E-state index is 0.130. The van der Waals surface area contributed by atoms with Crippen LogP contribution in [0.1, 0.15) is 24.8 Å². The van der Waals surface area contributed by atoms with Crippen LogP contribution in [-0.4, -0.2) is 47.8 Å². The molecule has 0 saturated carbocycles. The number of hydrogen-bond acceptors (Lipinski definition) is 7. The van der Waals surface area contributed by atoms with Gasteiger partial charge in [-0.15, -0.1) is 10.2 Å². The molecule has 8 heteroatoms. The number of aromatic nitrogens is 2. The van der Waals surface area contributed by atoms with Gasteiger partial charge in [-0.25, -0.2) is 0 Å². The lowest BCUT2D eigenvalue weighted by Gasteiger charge is -2.32. The van der Waals surface area contributed by atoms with Crippen molar-refractivity contribution < 1.29 is 14.7 Å². The van der Waals surface area contributed by atoms with Gasteiger partial charge in [0.05, 0.1) is 12.8 Å². The Balaban J connectivity index is 1.43. The molecule has 0 aliphatic carbocycles. The molecule has 2 heterocycles. The van der Waals surface area contributed by atoms with Crippen LogP contribution in [0.5, 0.6) is 11.5 Å². The van der Waals surface area contributed by atoms with Crippen LogP contribution in [0.2, 0.25) is 5.15 Å². The second kappa shape index (κ2) is 10.7. The third kappa shape index (κ3) is 6.64. The first-order chi connectivity index (χ1) is 14.1. The summed E-state index contributed by atoms with van der Waals surface area (Å²) in [5, 5.41) is 22.2. The number of anilines is 1. The maximum Gasteiger partial charge on any atom is 0.151 e. The van der Waals surface area contributed by atoms with Crippen LogP contribution in [0.25, 0.3) is 0 Å². The summed E-state index contributed by atoms with van der Waals surface area (Å²) in [6.07, 6.45) is 6.26. The summed E-state index contributed by atoms with van der Waals surface area (Å²) in [7, 11) is 0. The fraction of sp³-hybridized carbons (Fsp3) is 0.381. The van der Waals surface area contributed by atoms with Crippen molar-refractivity contribution in [3.05, 3.63) is 53.7 Å². The van der Waals surface area contributed by atoms with Crippen LogP contribution in [-0.2, 0) is 4.84 Å². The van der Waals surface area contributed by atoms with Crippen LogP contribution in [0.4, 0.5) is 5.82 Å². The Morgan fingerprint density at radius 2 is 2.07 bits per heavy atom. The third-order valence-corrected chi connectivity index (χ3v) is 4.94. The molecule has 0 unspecified atom stereocenters. The maximum absolute atomic E-state index is 9.88. The minimum Gasteiger partial charge on any atom is -0.508 e. The Hall–Kier alpha value is -2.80. The zero-order valence-corrected chi connectivity index (χ0v) is 17.0. The molecule has 0 atom stereocenters. The maximum atomic E-state index is 9.88. The normalized spacial score (nSPS) is 14.9. The van der Waals surface area contributed by atoms with Gasteiger partial charge < -0.3 is 19.6 Å². The zero-order chi connectivity index (χ0) is 20.5. The van der Waals surface area contributed by atoms with Crippen LogP contribution >= 0.6 is 11.6 Å². The van der Waals surface area contributed by atoms with Gasteiger partial charge in [0.15, 0.2) is 11.0 Å². The average molecular weight is 417 g/mol. The molecule has 1 fully saturated rings. The molecular weight excluding hydrogens is 392 g/mol. The molecule has 7 nitrogen and oxygen atoms in total. The monoisotopic (exact) mass is 416 g/mol. The van der Waals surface area contributed by atoms with E-state index in [1.807, 2.05) is 12.1 Å². The van der Waals surface area contributed by atoms with E-state index >= 15 is 0 Å². The molecule has 2 aromatic rings. The largest absolute Gasteiger partial charge is 0.508 e. The third-order valence-electron chi connectivity index (χ3n) is 4.73. The first-order valence-corrected chi connectivity index (χ1v) is 9.99. The highest BCUT2D eigenvalue weighted by atomic mass is 35.5. The molecule has 0 radical (unpaired) electrons. The van der Waals surface area contributed by atoms with Gasteiger partial charge in [-0.2, -0.15) is 0 Å². The van der Waals surface area contributed by atoms with Crippen molar-refractivity contribution in [1.29, 1.82) is 0 Å². The lowest BCUT2D eigenvalue weighted by atomic mass is 9.94. The van der Waals surface area contributed by atoms with Gasteiger partial charge in [0.2, 0.25) is 0 Å². The van der Waals surface area contributed by atoms with Crippen LogP contribution in [0.3, 0.4) is 0 Å². The number of benzene rings is 1. The molecule has 154 valence electrons. The molecule has 1 aliphatic heterocycles. The topological polar surface area (TPSA) is 80.1 Å². The predicted octanol–water partition coefficient (Wildman–Crippen LogP) is 4.06. The number of aromatic hydroxyl groups is 1. The van der Waals surface area contributed by atoms with Crippen molar-refractivity contribution in [2.75, 3.05) is 31.2 Å². The van der Waals surface area contributed by atoms with E-state index in [2.05, 4.69) is 26.8 Å². The van der Waals surface area contributed by atoms with E-state index in [0.29, 0.717) is 35.6 Å². The molecule has 1 aromatic carbocycles. The number of rotatable bonds is 9. The number of piperidine rings is 1. The quantitative estimate of drug-likeness (QED) is 0.287. The Kier molecular flexibility index (Phi) is 7.69. The number of phenols is 1. The highest BCUT2D eigenvalue weighted by Gasteiger charge is 2.20. The fourth-order valence-electron chi connectivity index (χ4n) is 3.23. The lowest BCUT2D eigenvalue weighted by molar-refractivity contribution is 0.176. The first-order valence-electron chi connectivity index (χ1n) is 9.61. The van der Waals surface area contributed by atoms with E-state index in [1.165, 1.54) is 6.21 Å². The molecule has 1 aromatic heterocycles. The van der Waals surface area contributed by atoms with Gasteiger partial charge >= 0.3 is 0 Å². The first kappa shape index (κ1) is 20.9. The summed E-state index contributed by atoms with van der Waals surface area (Å²) in [5.41, 5.74) is 0.710. The summed E-state index contributed by atoms with van der Waals surface area (Å²) in [6, 6.07) is 8.70. The Morgan fingerprint density at radius 3 is 2.79 bits per heavy atom.